The first-order valence-electron chi connectivity index (χ1n) is 5.19. The van der Waals surface area contributed by atoms with E-state index in [2.05, 4.69) is 0 Å². The van der Waals surface area contributed by atoms with Crippen LogP contribution in [-0.2, 0) is 10.8 Å². The van der Waals surface area contributed by atoms with Crippen LogP contribution in [0, 0.1) is 5.92 Å². The molecule has 1 unspecified atom stereocenters. The molecule has 1 aromatic carbocycles. The molecule has 80 valence electrons. The van der Waals surface area contributed by atoms with Crippen LogP contribution in [-0.4, -0.2) is 15.7 Å². The van der Waals surface area contributed by atoms with E-state index < -0.39 is 10.8 Å². The zero-order valence-corrected chi connectivity index (χ0v) is 9.55. The Bertz CT molecular complexity index is 412. The Hall–Kier alpha value is -0.960. The smallest absolute Gasteiger partial charge is 0.164 e. The summed E-state index contributed by atoms with van der Waals surface area (Å²) in [4.78, 5) is 12.6. The highest BCUT2D eigenvalue weighted by atomic mass is 32.2. The normalized spacial score (nSPS) is 26.6. The van der Waals surface area contributed by atoms with E-state index in [-0.39, 0.29) is 5.78 Å². The summed E-state index contributed by atoms with van der Waals surface area (Å²) in [5.74, 6) is 1.15. The average Bonchev–Trinajstić information content (AvgIpc) is 2.24. The Labute approximate surface area is 92.2 Å². The van der Waals surface area contributed by atoms with Gasteiger partial charge in [-0.25, -0.2) is 0 Å². The molecule has 0 N–H and O–H groups in total. The highest BCUT2D eigenvalue weighted by molar-refractivity contribution is 7.85. The third-order valence-electron chi connectivity index (χ3n) is 2.76. The first-order valence-corrected chi connectivity index (χ1v) is 6.51. The topological polar surface area (TPSA) is 34.1 Å². The van der Waals surface area contributed by atoms with Crippen molar-refractivity contribution in [2.24, 2.45) is 5.92 Å². The molecule has 3 heteroatoms. The number of carbonyl (C=O) groups is 1. The fourth-order valence-corrected chi connectivity index (χ4v) is 3.34. The third-order valence-corrected chi connectivity index (χ3v) is 4.22. The SMILES string of the molecule is C[C@H]1CCS(=O)c2ccccc2C(=O)C1. The van der Waals surface area contributed by atoms with E-state index in [9.17, 15) is 9.00 Å². The predicted octanol–water partition coefficient (Wildman–Crippen LogP) is 2.41. The summed E-state index contributed by atoms with van der Waals surface area (Å²) in [6.07, 6.45) is 1.45. The first-order chi connectivity index (χ1) is 7.18. The minimum atomic E-state index is -1.01. The monoisotopic (exact) mass is 222 g/mol. The maximum absolute atomic E-state index is 11.9. The first kappa shape index (κ1) is 10.6. The summed E-state index contributed by atoms with van der Waals surface area (Å²) in [6, 6.07) is 7.27. The van der Waals surface area contributed by atoms with Crippen LogP contribution in [0.1, 0.15) is 30.1 Å². The van der Waals surface area contributed by atoms with E-state index in [1.54, 1.807) is 12.1 Å². The van der Waals surface area contributed by atoms with Gasteiger partial charge in [0, 0.05) is 22.6 Å². The van der Waals surface area contributed by atoms with Crippen molar-refractivity contribution in [1.29, 1.82) is 0 Å². The molecule has 1 aliphatic rings. The van der Waals surface area contributed by atoms with Gasteiger partial charge >= 0.3 is 0 Å². The minimum Gasteiger partial charge on any atom is -0.294 e. The van der Waals surface area contributed by atoms with Crippen molar-refractivity contribution < 1.29 is 9.00 Å². The Morgan fingerprint density at radius 1 is 1.33 bits per heavy atom. The molecule has 0 aromatic heterocycles. The second-order valence-corrected chi connectivity index (χ2v) is 5.61. The lowest BCUT2D eigenvalue weighted by molar-refractivity contribution is 0.0960. The number of ketones is 1. The molecule has 0 saturated carbocycles. The molecule has 1 aromatic rings. The molecule has 1 heterocycles. The molecular weight excluding hydrogens is 208 g/mol. The van der Waals surface area contributed by atoms with E-state index in [0.29, 0.717) is 23.7 Å². The number of hydrogen-bond acceptors (Lipinski definition) is 2. The summed E-state index contributed by atoms with van der Waals surface area (Å²) >= 11 is 0. The van der Waals surface area contributed by atoms with Crippen molar-refractivity contribution in [3.8, 4) is 0 Å². The van der Waals surface area contributed by atoms with Crippen LogP contribution in [0.4, 0.5) is 0 Å². The molecule has 1 aliphatic heterocycles. The molecule has 2 nitrogen and oxygen atoms in total. The van der Waals surface area contributed by atoms with Gasteiger partial charge in [0.2, 0.25) is 0 Å². The Kier molecular flexibility index (Phi) is 3.00. The predicted molar refractivity (Wildman–Crippen MR) is 60.4 cm³/mol. The van der Waals surface area contributed by atoms with Crippen LogP contribution in [0.5, 0.6) is 0 Å². The van der Waals surface area contributed by atoms with Crippen molar-refractivity contribution in [3.05, 3.63) is 29.8 Å². The van der Waals surface area contributed by atoms with Gasteiger partial charge in [-0.05, 0) is 18.4 Å². The maximum Gasteiger partial charge on any atom is 0.164 e. The Balaban J connectivity index is 2.46. The van der Waals surface area contributed by atoms with Gasteiger partial charge in [-0.15, -0.1) is 0 Å². The van der Waals surface area contributed by atoms with Crippen LogP contribution in [0.15, 0.2) is 29.2 Å². The number of benzene rings is 1. The molecule has 2 atom stereocenters. The number of rotatable bonds is 0. The molecule has 2 rings (SSSR count). The Morgan fingerprint density at radius 2 is 2.07 bits per heavy atom. The van der Waals surface area contributed by atoms with E-state index >= 15 is 0 Å². The fourth-order valence-electron chi connectivity index (χ4n) is 1.84. The quantitative estimate of drug-likeness (QED) is 0.675. The van der Waals surface area contributed by atoms with Gasteiger partial charge < -0.3 is 0 Å². The van der Waals surface area contributed by atoms with Gasteiger partial charge in [-0.1, -0.05) is 25.1 Å². The number of fused-ring (bicyclic) bond motifs is 1. The number of Topliss-reactive ketones (excluding diaryl/α,β-unsaturated/α-hetero) is 1. The number of carbonyl (C=O) groups excluding carboxylic acids is 1. The van der Waals surface area contributed by atoms with Crippen molar-refractivity contribution >= 4 is 16.6 Å². The molecule has 0 bridgehead atoms. The van der Waals surface area contributed by atoms with Crippen LogP contribution < -0.4 is 0 Å². The standard InChI is InChI=1S/C12H14O2S/c1-9-6-7-15(14)12-5-3-2-4-10(12)11(13)8-9/h2-5,9H,6-8H2,1H3/t9-,15?/m0/s1. The molecule has 0 radical (unpaired) electrons. The van der Waals surface area contributed by atoms with Gasteiger partial charge in [0.05, 0.1) is 10.8 Å². The molecular formula is C12H14O2S. The second-order valence-electron chi connectivity index (χ2n) is 4.07. The van der Waals surface area contributed by atoms with E-state index in [1.165, 1.54) is 0 Å². The van der Waals surface area contributed by atoms with Crippen molar-refractivity contribution in [3.63, 3.8) is 0 Å². The lowest BCUT2D eigenvalue weighted by Gasteiger charge is -2.16. The van der Waals surface area contributed by atoms with Crippen LogP contribution >= 0.6 is 0 Å². The van der Waals surface area contributed by atoms with Gasteiger partial charge in [0.15, 0.2) is 5.78 Å². The van der Waals surface area contributed by atoms with Gasteiger partial charge in [-0.3, -0.25) is 9.00 Å². The zero-order valence-electron chi connectivity index (χ0n) is 8.73. The molecule has 0 saturated heterocycles. The highest BCUT2D eigenvalue weighted by Gasteiger charge is 2.21. The molecule has 0 fully saturated rings. The minimum absolute atomic E-state index is 0.131. The average molecular weight is 222 g/mol. The van der Waals surface area contributed by atoms with Gasteiger partial charge in [0.1, 0.15) is 0 Å². The van der Waals surface area contributed by atoms with Crippen LogP contribution in [0.2, 0.25) is 0 Å². The van der Waals surface area contributed by atoms with Gasteiger partial charge in [-0.2, -0.15) is 0 Å². The van der Waals surface area contributed by atoms with Gasteiger partial charge in [0.25, 0.3) is 0 Å². The zero-order chi connectivity index (χ0) is 10.8. The molecule has 0 aliphatic carbocycles. The summed E-state index contributed by atoms with van der Waals surface area (Å²) in [6.45, 7) is 2.04. The lowest BCUT2D eigenvalue weighted by Crippen LogP contribution is -2.16. The Morgan fingerprint density at radius 3 is 2.87 bits per heavy atom. The summed E-state index contributed by atoms with van der Waals surface area (Å²) in [5, 5.41) is 0. The molecule has 0 amide bonds. The fraction of sp³-hybridized carbons (Fsp3) is 0.417. The maximum atomic E-state index is 11.9. The van der Waals surface area contributed by atoms with E-state index in [1.807, 2.05) is 19.1 Å². The lowest BCUT2D eigenvalue weighted by atomic mass is 9.97. The number of hydrogen-bond donors (Lipinski definition) is 0. The summed E-state index contributed by atoms with van der Waals surface area (Å²) < 4.78 is 11.9. The van der Waals surface area contributed by atoms with Crippen LogP contribution in [0.3, 0.4) is 0 Å². The summed E-state index contributed by atoms with van der Waals surface area (Å²) in [7, 11) is -1.01. The molecule has 15 heavy (non-hydrogen) atoms. The van der Waals surface area contributed by atoms with Crippen molar-refractivity contribution in [1.82, 2.24) is 0 Å². The largest absolute Gasteiger partial charge is 0.294 e. The van der Waals surface area contributed by atoms with Crippen LogP contribution in [0.25, 0.3) is 0 Å². The van der Waals surface area contributed by atoms with E-state index in [0.717, 1.165) is 11.3 Å². The van der Waals surface area contributed by atoms with Crippen molar-refractivity contribution in [2.45, 2.75) is 24.7 Å². The van der Waals surface area contributed by atoms with Crippen molar-refractivity contribution in [2.75, 3.05) is 5.75 Å². The summed E-state index contributed by atoms with van der Waals surface area (Å²) in [5.41, 5.74) is 0.655. The highest BCUT2D eigenvalue weighted by Crippen LogP contribution is 2.23. The third kappa shape index (κ3) is 2.17. The second kappa shape index (κ2) is 4.27. The van der Waals surface area contributed by atoms with E-state index in [4.69, 9.17) is 0 Å². The molecule has 0 spiro atoms.